The SMILES string of the molecule is COc1cc2c(cc1OC(C)C)CCN1C[C@@H](CC(C)C)N(C)C[C@@H]21. The zero-order chi connectivity index (χ0) is 18.1. The van der Waals surface area contributed by atoms with E-state index in [0.29, 0.717) is 12.1 Å². The summed E-state index contributed by atoms with van der Waals surface area (Å²) in [6.07, 6.45) is 2.53. The Hall–Kier alpha value is -1.26. The number of piperazine rings is 1. The van der Waals surface area contributed by atoms with Gasteiger partial charge in [-0.1, -0.05) is 13.8 Å². The molecule has 2 atom stereocenters. The van der Waals surface area contributed by atoms with Crippen LogP contribution in [0.3, 0.4) is 0 Å². The van der Waals surface area contributed by atoms with Gasteiger partial charge in [-0.25, -0.2) is 0 Å². The van der Waals surface area contributed by atoms with Crippen LogP contribution < -0.4 is 9.47 Å². The van der Waals surface area contributed by atoms with Gasteiger partial charge in [0.2, 0.25) is 0 Å². The lowest BCUT2D eigenvalue weighted by Gasteiger charge is -2.48. The molecule has 140 valence electrons. The maximum Gasteiger partial charge on any atom is 0.161 e. The van der Waals surface area contributed by atoms with E-state index in [9.17, 15) is 0 Å². The molecule has 1 aromatic carbocycles. The van der Waals surface area contributed by atoms with Crippen LogP contribution in [0.15, 0.2) is 12.1 Å². The fraction of sp³-hybridized carbons (Fsp3) is 0.714. The van der Waals surface area contributed by atoms with Crippen LogP contribution in [0.4, 0.5) is 0 Å². The highest BCUT2D eigenvalue weighted by Crippen LogP contribution is 2.40. The van der Waals surface area contributed by atoms with Crippen molar-refractivity contribution in [3.8, 4) is 11.5 Å². The summed E-state index contributed by atoms with van der Waals surface area (Å²) in [5, 5.41) is 0. The standard InChI is InChI=1S/C21H34N2O2/c1-14(2)9-17-12-23-8-7-16-10-21(25-15(3)4)20(24-6)11-18(16)19(23)13-22(17)5/h10-11,14-15,17,19H,7-9,12-13H2,1-6H3/t17-,19+/m1/s1. The molecule has 0 radical (unpaired) electrons. The zero-order valence-electron chi connectivity index (χ0n) is 16.7. The second-order valence-corrected chi connectivity index (χ2v) is 8.35. The molecule has 4 heteroatoms. The minimum atomic E-state index is 0.157. The maximum absolute atomic E-state index is 5.97. The molecule has 3 rings (SSSR count). The van der Waals surface area contributed by atoms with Crippen LogP contribution in [-0.2, 0) is 6.42 Å². The summed E-state index contributed by atoms with van der Waals surface area (Å²) in [6.45, 7) is 12.2. The van der Waals surface area contributed by atoms with Crippen molar-refractivity contribution in [2.24, 2.45) is 5.92 Å². The average Bonchev–Trinajstić information content (AvgIpc) is 2.54. The average molecular weight is 347 g/mol. The third-order valence-corrected chi connectivity index (χ3v) is 5.53. The van der Waals surface area contributed by atoms with Gasteiger partial charge in [-0.2, -0.15) is 0 Å². The Kier molecular flexibility index (Phi) is 5.59. The van der Waals surface area contributed by atoms with Crippen LogP contribution in [0.1, 0.15) is 51.3 Å². The summed E-state index contributed by atoms with van der Waals surface area (Å²) < 4.78 is 11.6. The van der Waals surface area contributed by atoms with E-state index in [1.165, 1.54) is 24.1 Å². The molecule has 2 aliphatic rings. The molecule has 4 nitrogen and oxygen atoms in total. The van der Waals surface area contributed by atoms with E-state index in [1.807, 2.05) is 0 Å². The summed E-state index contributed by atoms with van der Waals surface area (Å²) in [7, 11) is 4.02. The second kappa shape index (κ2) is 7.55. The zero-order valence-corrected chi connectivity index (χ0v) is 16.7. The quantitative estimate of drug-likeness (QED) is 0.811. The first-order chi connectivity index (χ1) is 11.9. The van der Waals surface area contributed by atoms with Gasteiger partial charge >= 0.3 is 0 Å². The summed E-state index contributed by atoms with van der Waals surface area (Å²) >= 11 is 0. The van der Waals surface area contributed by atoms with Crippen molar-refractivity contribution < 1.29 is 9.47 Å². The number of fused-ring (bicyclic) bond motifs is 3. The smallest absolute Gasteiger partial charge is 0.161 e. The molecule has 0 saturated carbocycles. The number of nitrogens with zero attached hydrogens (tertiary/aromatic N) is 2. The van der Waals surface area contributed by atoms with Crippen LogP contribution in [0, 0.1) is 5.92 Å². The lowest BCUT2D eigenvalue weighted by atomic mass is 9.88. The normalized spacial score (nSPS) is 24.3. The molecule has 2 heterocycles. The second-order valence-electron chi connectivity index (χ2n) is 8.35. The number of hydrogen-bond acceptors (Lipinski definition) is 4. The van der Waals surface area contributed by atoms with Crippen LogP contribution in [0.5, 0.6) is 11.5 Å². The fourth-order valence-electron chi connectivity index (χ4n) is 4.33. The molecule has 1 saturated heterocycles. The summed E-state index contributed by atoms with van der Waals surface area (Å²) in [5.74, 6) is 2.49. The molecule has 0 bridgehead atoms. The third-order valence-electron chi connectivity index (χ3n) is 5.53. The number of likely N-dealkylation sites (N-methyl/N-ethyl adjacent to an activating group) is 1. The van der Waals surface area contributed by atoms with E-state index >= 15 is 0 Å². The Morgan fingerprint density at radius 3 is 2.52 bits per heavy atom. The van der Waals surface area contributed by atoms with E-state index in [0.717, 1.165) is 36.9 Å². The Labute approximate surface area is 153 Å². The van der Waals surface area contributed by atoms with Crippen LogP contribution in [-0.4, -0.2) is 55.7 Å². The van der Waals surface area contributed by atoms with Gasteiger partial charge in [0.25, 0.3) is 0 Å². The van der Waals surface area contributed by atoms with E-state index in [2.05, 4.69) is 56.7 Å². The lowest BCUT2D eigenvalue weighted by Crippen LogP contribution is -2.55. The maximum atomic E-state index is 5.97. The molecular formula is C21H34N2O2. The molecular weight excluding hydrogens is 312 g/mol. The summed E-state index contributed by atoms with van der Waals surface area (Å²) in [4.78, 5) is 5.24. The number of benzene rings is 1. The lowest BCUT2D eigenvalue weighted by molar-refractivity contribution is 0.0294. The molecule has 0 unspecified atom stereocenters. The topological polar surface area (TPSA) is 24.9 Å². The summed E-state index contributed by atoms with van der Waals surface area (Å²) in [6, 6.07) is 5.58. The monoisotopic (exact) mass is 346 g/mol. The van der Waals surface area contributed by atoms with E-state index in [4.69, 9.17) is 9.47 Å². The van der Waals surface area contributed by atoms with E-state index in [1.54, 1.807) is 7.11 Å². The van der Waals surface area contributed by atoms with E-state index < -0.39 is 0 Å². The first-order valence-corrected chi connectivity index (χ1v) is 9.70. The minimum Gasteiger partial charge on any atom is -0.493 e. The van der Waals surface area contributed by atoms with Crippen molar-refractivity contribution in [3.05, 3.63) is 23.3 Å². The van der Waals surface area contributed by atoms with Gasteiger partial charge in [0.15, 0.2) is 11.5 Å². The highest BCUT2D eigenvalue weighted by atomic mass is 16.5. The fourth-order valence-corrected chi connectivity index (χ4v) is 4.33. The first kappa shape index (κ1) is 18.5. The van der Waals surface area contributed by atoms with Gasteiger partial charge in [0.05, 0.1) is 13.2 Å². The van der Waals surface area contributed by atoms with Crippen LogP contribution in [0.2, 0.25) is 0 Å². The number of hydrogen-bond donors (Lipinski definition) is 0. The molecule has 1 fully saturated rings. The number of methoxy groups -OCH3 is 1. The van der Waals surface area contributed by atoms with Gasteiger partial charge in [0, 0.05) is 31.7 Å². The van der Waals surface area contributed by atoms with Gasteiger partial charge in [-0.05, 0) is 62.9 Å². The van der Waals surface area contributed by atoms with Crippen molar-refractivity contribution in [2.75, 3.05) is 33.8 Å². The molecule has 0 N–H and O–H groups in total. The van der Waals surface area contributed by atoms with Gasteiger partial charge in [-0.3, -0.25) is 4.90 Å². The molecule has 1 aromatic rings. The van der Waals surface area contributed by atoms with Crippen molar-refractivity contribution in [1.29, 1.82) is 0 Å². The summed E-state index contributed by atoms with van der Waals surface area (Å²) in [5.41, 5.74) is 2.85. The number of rotatable bonds is 5. The number of ether oxygens (including phenoxy) is 2. The Balaban J connectivity index is 1.86. The highest BCUT2D eigenvalue weighted by Gasteiger charge is 2.36. The molecule has 25 heavy (non-hydrogen) atoms. The Bertz CT molecular complexity index is 600. The molecule has 0 amide bonds. The van der Waals surface area contributed by atoms with Crippen molar-refractivity contribution in [1.82, 2.24) is 9.80 Å². The van der Waals surface area contributed by atoms with Crippen LogP contribution in [0.25, 0.3) is 0 Å². The van der Waals surface area contributed by atoms with Gasteiger partial charge < -0.3 is 14.4 Å². The largest absolute Gasteiger partial charge is 0.493 e. The van der Waals surface area contributed by atoms with E-state index in [-0.39, 0.29) is 6.10 Å². The molecule has 0 spiro atoms. The Morgan fingerprint density at radius 2 is 1.88 bits per heavy atom. The minimum absolute atomic E-state index is 0.157. The predicted molar refractivity (Wildman–Crippen MR) is 103 cm³/mol. The Morgan fingerprint density at radius 1 is 1.12 bits per heavy atom. The van der Waals surface area contributed by atoms with Crippen molar-refractivity contribution in [2.45, 2.75) is 58.7 Å². The van der Waals surface area contributed by atoms with Crippen LogP contribution >= 0.6 is 0 Å². The molecule has 0 aromatic heterocycles. The van der Waals surface area contributed by atoms with Gasteiger partial charge in [0.1, 0.15) is 0 Å². The highest BCUT2D eigenvalue weighted by molar-refractivity contribution is 5.50. The third kappa shape index (κ3) is 3.95. The first-order valence-electron chi connectivity index (χ1n) is 9.70. The van der Waals surface area contributed by atoms with Crippen molar-refractivity contribution in [3.63, 3.8) is 0 Å². The molecule has 0 aliphatic carbocycles. The van der Waals surface area contributed by atoms with Crippen molar-refractivity contribution >= 4 is 0 Å². The predicted octanol–water partition coefficient (Wildman–Crippen LogP) is 3.74. The molecule has 2 aliphatic heterocycles. The van der Waals surface area contributed by atoms with Gasteiger partial charge in [-0.15, -0.1) is 0 Å².